The number of rotatable bonds is 4. The van der Waals surface area contributed by atoms with Crippen molar-refractivity contribution in [2.45, 2.75) is 44.9 Å². The first-order valence-electron chi connectivity index (χ1n) is 8.48. The molecule has 2 fully saturated rings. The molecule has 1 aromatic rings. The highest BCUT2D eigenvalue weighted by Crippen LogP contribution is 2.44. The molecule has 0 bridgehead atoms. The highest BCUT2D eigenvalue weighted by atomic mass is 15.2. The molecule has 1 aliphatic heterocycles. The van der Waals surface area contributed by atoms with E-state index in [1.54, 1.807) is 6.20 Å². The van der Waals surface area contributed by atoms with Crippen LogP contribution in [0.3, 0.4) is 0 Å². The molecule has 2 heterocycles. The van der Waals surface area contributed by atoms with E-state index < -0.39 is 0 Å². The number of piperidine rings is 1. The molecule has 1 N–H and O–H groups in total. The predicted molar refractivity (Wildman–Crippen MR) is 86.4 cm³/mol. The summed E-state index contributed by atoms with van der Waals surface area (Å²) in [5.41, 5.74) is 1.04. The van der Waals surface area contributed by atoms with Crippen LogP contribution in [0.25, 0.3) is 0 Å². The van der Waals surface area contributed by atoms with Crippen LogP contribution in [0.1, 0.15) is 50.6 Å². The highest BCUT2D eigenvalue weighted by molar-refractivity contribution is 5.34. The number of nitrogens with one attached hydrogen (secondary N) is 1. The fraction of sp³-hybridized carbons (Fsp3) is 0.706. The highest BCUT2D eigenvalue weighted by Gasteiger charge is 2.35. The van der Waals surface area contributed by atoms with Gasteiger partial charge < -0.3 is 10.2 Å². The van der Waals surface area contributed by atoms with E-state index in [2.05, 4.69) is 20.2 Å². The quantitative estimate of drug-likeness (QED) is 0.926. The first kappa shape index (κ1) is 15.2. The molecular formula is C17H25N5. The molecule has 1 saturated heterocycles. The summed E-state index contributed by atoms with van der Waals surface area (Å²) in [5.74, 6) is 0.694. The van der Waals surface area contributed by atoms with E-state index in [-0.39, 0.29) is 0 Å². The second-order valence-corrected chi connectivity index (χ2v) is 6.73. The molecule has 1 aliphatic carbocycles. The van der Waals surface area contributed by atoms with E-state index >= 15 is 0 Å². The summed E-state index contributed by atoms with van der Waals surface area (Å²) < 4.78 is 0. The fourth-order valence-electron chi connectivity index (χ4n) is 3.90. The van der Waals surface area contributed by atoms with E-state index in [0.29, 0.717) is 16.9 Å². The van der Waals surface area contributed by atoms with Gasteiger partial charge in [0.25, 0.3) is 0 Å². The average molecular weight is 299 g/mol. The number of anilines is 1. The van der Waals surface area contributed by atoms with Crippen molar-refractivity contribution >= 4 is 5.82 Å². The normalized spacial score (nSPS) is 21.4. The first-order valence-corrected chi connectivity index (χ1v) is 8.48. The van der Waals surface area contributed by atoms with Crippen molar-refractivity contribution in [2.75, 3.05) is 31.5 Å². The Hall–Kier alpha value is -1.67. The molecule has 118 valence electrons. The lowest BCUT2D eigenvalue weighted by Crippen LogP contribution is -2.42. The van der Waals surface area contributed by atoms with Crippen molar-refractivity contribution < 1.29 is 0 Å². The molecule has 1 aromatic heterocycles. The van der Waals surface area contributed by atoms with Crippen molar-refractivity contribution in [2.24, 2.45) is 5.41 Å². The van der Waals surface area contributed by atoms with Gasteiger partial charge in [-0.3, -0.25) is 4.98 Å². The molecule has 0 aromatic carbocycles. The zero-order valence-electron chi connectivity index (χ0n) is 13.2. The van der Waals surface area contributed by atoms with Gasteiger partial charge in [-0.25, -0.2) is 4.98 Å². The SMILES string of the molecule is N#Cc1cncc(NCCN2CCC3(CCCCC3)CC2)n1. The molecule has 1 spiro atoms. The third-order valence-corrected chi connectivity index (χ3v) is 5.31. The maximum Gasteiger partial charge on any atom is 0.161 e. The molecule has 22 heavy (non-hydrogen) atoms. The molecule has 1 saturated carbocycles. The summed E-state index contributed by atoms with van der Waals surface area (Å²) >= 11 is 0. The van der Waals surface area contributed by atoms with Crippen LogP contribution in [0.5, 0.6) is 0 Å². The molecular weight excluding hydrogens is 274 g/mol. The standard InChI is InChI=1S/C17H25N5/c18-12-15-13-19-14-16(21-15)20-8-11-22-9-6-17(7-10-22)4-2-1-3-5-17/h13-14H,1-11H2,(H,20,21). The summed E-state index contributed by atoms with van der Waals surface area (Å²) in [6.45, 7) is 4.35. The maximum absolute atomic E-state index is 8.82. The summed E-state index contributed by atoms with van der Waals surface area (Å²) in [6.07, 6.45) is 13.1. The van der Waals surface area contributed by atoms with Gasteiger partial charge >= 0.3 is 0 Å². The van der Waals surface area contributed by atoms with Crippen molar-refractivity contribution in [3.05, 3.63) is 18.1 Å². The number of hydrogen-bond acceptors (Lipinski definition) is 5. The zero-order chi connectivity index (χ0) is 15.3. The minimum Gasteiger partial charge on any atom is -0.367 e. The topological polar surface area (TPSA) is 64.8 Å². The maximum atomic E-state index is 8.82. The molecule has 0 atom stereocenters. The lowest BCUT2D eigenvalue weighted by atomic mass is 9.68. The summed E-state index contributed by atoms with van der Waals surface area (Å²) in [6, 6.07) is 2.02. The van der Waals surface area contributed by atoms with Gasteiger partial charge in [-0.05, 0) is 44.2 Å². The number of aromatic nitrogens is 2. The minimum atomic E-state index is 0.363. The number of hydrogen-bond donors (Lipinski definition) is 1. The van der Waals surface area contributed by atoms with Gasteiger partial charge in [-0.1, -0.05) is 19.3 Å². The van der Waals surface area contributed by atoms with Crippen molar-refractivity contribution in [3.8, 4) is 6.07 Å². The third kappa shape index (κ3) is 3.75. The monoisotopic (exact) mass is 299 g/mol. The number of nitrogens with zero attached hydrogens (tertiary/aromatic N) is 4. The molecule has 0 unspecified atom stereocenters. The Kier molecular flexibility index (Phi) is 4.89. The van der Waals surface area contributed by atoms with Gasteiger partial charge in [-0.2, -0.15) is 5.26 Å². The Morgan fingerprint density at radius 3 is 2.64 bits per heavy atom. The predicted octanol–water partition coefficient (Wildman–Crippen LogP) is 2.81. The second-order valence-electron chi connectivity index (χ2n) is 6.73. The van der Waals surface area contributed by atoms with E-state index in [1.807, 2.05) is 6.07 Å². The molecule has 0 amide bonds. The van der Waals surface area contributed by atoms with Crippen molar-refractivity contribution in [1.82, 2.24) is 14.9 Å². The van der Waals surface area contributed by atoms with Crippen LogP contribution in [-0.2, 0) is 0 Å². The van der Waals surface area contributed by atoms with Crippen LogP contribution in [0.4, 0.5) is 5.82 Å². The molecule has 0 radical (unpaired) electrons. The molecule has 2 aliphatic rings. The largest absolute Gasteiger partial charge is 0.367 e. The van der Waals surface area contributed by atoms with Gasteiger partial charge in [0.05, 0.1) is 12.4 Å². The molecule has 5 nitrogen and oxygen atoms in total. The third-order valence-electron chi connectivity index (χ3n) is 5.31. The second kappa shape index (κ2) is 7.06. The minimum absolute atomic E-state index is 0.363. The zero-order valence-corrected chi connectivity index (χ0v) is 13.2. The lowest BCUT2D eigenvalue weighted by Gasteiger charge is -2.44. The molecule has 5 heteroatoms. The summed E-state index contributed by atoms with van der Waals surface area (Å²) in [4.78, 5) is 10.8. The number of likely N-dealkylation sites (tertiary alicyclic amines) is 1. The van der Waals surface area contributed by atoms with E-state index in [9.17, 15) is 0 Å². The average Bonchev–Trinajstić information content (AvgIpc) is 2.58. The lowest BCUT2D eigenvalue weighted by molar-refractivity contribution is 0.0699. The van der Waals surface area contributed by atoms with Crippen LogP contribution < -0.4 is 5.32 Å². The van der Waals surface area contributed by atoms with Gasteiger partial charge in [0.15, 0.2) is 5.69 Å². The Morgan fingerprint density at radius 1 is 1.14 bits per heavy atom. The van der Waals surface area contributed by atoms with Crippen LogP contribution >= 0.6 is 0 Å². The van der Waals surface area contributed by atoms with Crippen molar-refractivity contribution in [1.29, 1.82) is 5.26 Å². The fourth-order valence-corrected chi connectivity index (χ4v) is 3.90. The summed E-state index contributed by atoms with van der Waals surface area (Å²) in [7, 11) is 0. The summed E-state index contributed by atoms with van der Waals surface area (Å²) in [5, 5.41) is 12.1. The van der Waals surface area contributed by atoms with E-state index in [0.717, 1.165) is 13.1 Å². The van der Waals surface area contributed by atoms with Gasteiger partial charge in [-0.15, -0.1) is 0 Å². The Labute approximate surface area is 132 Å². The number of nitriles is 1. The Bertz CT molecular complexity index is 520. The van der Waals surface area contributed by atoms with Gasteiger partial charge in [0.1, 0.15) is 11.9 Å². The van der Waals surface area contributed by atoms with Crippen LogP contribution in [0.15, 0.2) is 12.4 Å². The van der Waals surface area contributed by atoms with Crippen molar-refractivity contribution in [3.63, 3.8) is 0 Å². The van der Waals surface area contributed by atoms with Crippen LogP contribution in [0.2, 0.25) is 0 Å². The smallest absolute Gasteiger partial charge is 0.161 e. The van der Waals surface area contributed by atoms with Gasteiger partial charge in [0.2, 0.25) is 0 Å². The van der Waals surface area contributed by atoms with E-state index in [4.69, 9.17) is 5.26 Å². The van der Waals surface area contributed by atoms with Crippen LogP contribution in [0, 0.1) is 16.7 Å². The van der Waals surface area contributed by atoms with Crippen LogP contribution in [-0.4, -0.2) is 41.0 Å². The van der Waals surface area contributed by atoms with E-state index in [1.165, 1.54) is 64.2 Å². The molecule has 3 rings (SSSR count). The Morgan fingerprint density at radius 2 is 1.91 bits per heavy atom. The Balaban J connectivity index is 1.41. The van der Waals surface area contributed by atoms with Gasteiger partial charge in [0, 0.05) is 13.1 Å². The first-order chi connectivity index (χ1) is 10.8.